The van der Waals surface area contributed by atoms with Gasteiger partial charge < -0.3 is 4.74 Å². The van der Waals surface area contributed by atoms with Crippen molar-refractivity contribution in [2.24, 2.45) is 0 Å². The second-order valence-corrected chi connectivity index (χ2v) is 7.76. The maximum absolute atomic E-state index is 13.9. The molecule has 3 rings (SSSR count). The van der Waals surface area contributed by atoms with E-state index in [2.05, 4.69) is 15.4 Å². The number of ether oxygens (including phenoxy) is 1. The Kier molecular flexibility index (Phi) is 4.60. The highest BCUT2D eigenvalue weighted by Gasteiger charge is 2.14. The summed E-state index contributed by atoms with van der Waals surface area (Å²) in [4.78, 5) is 15.8. The van der Waals surface area contributed by atoms with Crippen LogP contribution in [0.3, 0.4) is 0 Å². The van der Waals surface area contributed by atoms with Crippen molar-refractivity contribution in [2.45, 2.75) is 0 Å². The number of carbonyl (C=O) groups excluding carboxylic acids is 1. The molecule has 1 N–H and O–H groups in total. The van der Waals surface area contributed by atoms with Crippen LogP contribution in [-0.4, -0.2) is 48.0 Å². The Labute approximate surface area is 148 Å². The van der Waals surface area contributed by atoms with E-state index in [9.17, 15) is 17.6 Å². The molecular weight excluding hydrogens is 363 g/mol. The average Bonchev–Trinajstić information content (AvgIpc) is 2.93. The molecule has 0 unspecified atom stereocenters. The summed E-state index contributed by atoms with van der Waals surface area (Å²) in [6, 6.07) is 7.94. The summed E-state index contributed by atoms with van der Waals surface area (Å²) in [6.07, 6.45) is 2.58. The van der Waals surface area contributed by atoms with Gasteiger partial charge in [0.2, 0.25) is 11.9 Å². The molecule has 0 bridgehead atoms. The SMILES string of the molecule is COc1ccc(-c2ccc3nc(NC(=O)CS(C)(=O)=O)nn3c2)cc1F. The van der Waals surface area contributed by atoms with E-state index in [1.165, 1.54) is 23.8 Å². The smallest absolute Gasteiger partial charge is 0.249 e. The van der Waals surface area contributed by atoms with Crippen molar-refractivity contribution in [3.05, 3.63) is 42.3 Å². The molecule has 8 nitrogen and oxygen atoms in total. The van der Waals surface area contributed by atoms with Crippen molar-refractivity contribution in [2.75, 3.05) is 24.4 Å². The molecule has 1 aromatic carbocycles. The molecule has 0 spiro atoms. The number of hydrogen-bond donors (Lipinski definition) is 1. The van der Waals surface area contributed by atoms with Crippen LogP contribution in [0, 0.1) is 5.82 Å². The van der Waals surface area contributed by atoms with Crippen molar-refractivity contribution in [1.82, 2.24) is 14.6 Å². The van der Waals surface area contributed by atoms with Crippen molar-refractivity contribution in [3.63, 3.8) is 0 Å². The molecule has 0 aliphatic heterocycles. The first-order chi connectivity index (χ1) is 12.2. The number of rotatable bonds is 5. The zero-order valence-corrected chi connectivity index (χ0v) is 14.7. The maximum Gasteiger partial charge on any atom is 0.249 e. The van der Waals surface area contributed by atoms with E-state index < -0.39 is 27.3 Å². The predicted octanol–water partition coefficient (Wildman–Crippen LogP) is 1.53. The first-order valence-corrected chi connectivity index (χ1v) is 9.49. The van der Waals surface area contributed by atoms with Crippen LogP contribution >= 0.6 is 0 Å². The number of pyridine rings is 1. The van der Waals surface area contributed by atoms with Gasteiger partial charge in [0.15, 0.2) is 27.1 Å². The average molecular weight is 378 g/mol. The molecule has 2 aromatic heterocycles. The number of sulfone groups is 1. The van der Waals surface area contributed by atoms with E-state index in [4.69, 9.17) is 4.74 Å². The highest BCUT2D eigenvalue weighted by Crippen LogP contribution is 2.25. The monoisotopic (exact) mass is 378 g/mol. The second-order valence-electron chi connectivity index (χ2n) is 5.62. The fraction of sp³-hybridized carbons (Fsp3) is 0.188. The van der Waals surface area contributed by atoms with Gasteiger partial charge >= 0.3 is 0 Å². The number of carbonyl (C=O) groups is 1. The fourth-order valence-corrected chi connectivity index (χ4v) is 2.90. The summed E-state index contributed by atoms with van der Waals surface area (Å²) >= 11 is 0. The van der Waals surface area contributed by atoms with Crippen LogP contribution in [0.1, 0.15) is 0 Å². The Morgan fingerprint density at radius 2 is 2.00 bits per heavy atom. The lowest BCUT2D eigenvalue weighted by atomic mass is 10.1. The van der Waals surface area contributed by atoms with Crippen molar-refractivity contribution < 1.29 is 22.3 Å². The molecule has 0 aliphatic rings. The van der Waals surface area contributed by atoms with Crippen molar-refractivity contribution in [1.29, 1.82) is 0 Å². The third-order valence-corrected chi connectivity index (χ3v) is 4.25. The first-order valence-electron chi connectivity index (χ1n) is 7.43. The molecule has 136 valence electrons. The molecule has 2 heterocycles. The summed E-state index contributed by atoms with van der Waals surface area (Å²) in [5.41, 5.74) is 1.73. The van der Waals surface area contributed by atoms with Gasteiger partial charge in [-0.25, -0.2) is 17.3 Å². The minimum Gasteiger partial charge on any atom is -0.494 e. The van der Waals surface area contributed by atoms with Gasteiger partial charge in [-0.2, -0.15) is 4.98 Å². The Balaban J connectivity index is 1.88. The molecule has 1 amide bonds. The number of nitrogens with zero attached hydrogens (tertiary/aromatic N) is 3. The number of halogens is 1. The molecule has 26 heavy (non-hydrogen) atoms. The lowest BCUT2D eigenvalue weighted by molar-refractivity contribution is -0.113. The zero-order valence-electron chi connectivity index (χ0n) is 13.9. The quantitative estimate of drug-likeness (QED) is 0.722. The van der Waals surface area contributed by atoms with Gasteiger partial charge in [0.25, 0.3) is 0 Å². The minimum absolute atomic E-state index is 0.0169. The highest BCUT2D eigenvalue weighted by atomic mass is 32.2. The normalized spacial score (nSPS) is 11.5. The Morgan fingerprint density at radius 1 is 1.27 bits per heavy atom. The van der Waals surface area contributed by atoms with Crippen LogP contribution in [0.2, 0.25) is 0 Å². The summed E-state index contributed by atoms with van der Waals surface area (Å²) in [7, 11) is -2.06. The van der Waals surface area contributed by atoms with Gasteiger partial charge in [-0.15, -0.1) is 5.10 Å². The lowest BCUT2D eigenvalue weighted by Gasteiger charge is -2.05. The Morgan fingerprint density at radius 3 is 2.65 bits per heavy atom. The first kappa shape index (κ1) is 17.8. The molecule has 0 saturated heterocycles. The number of amides is 1. The molecule has 3 aromatic rings. The lowest BCUT2D eigenvalue weighted by Crippen LogP contribution is -2.22. The van der Waals surface area contributed by atoms with Gasteiger partial charge in [-0.3, -0.25) is 10.1 Å². The van der Waals surface area contributed by atoms with Crippen LogP contribution in [0.15, 0.2) is 36.5 Å². The number of hydrogen-bond acceptors (Lipinski definition) is 6. The third-order valence-electron chi connectivity index (χ3n) is 3.46. The maximum atomic E-state index is 13.9. The Bertz CT molecular complexity index is 1090. The molecule has 0 fully saturated rings. The van der Waals surface area contributed by atoms with Gasteiger partial charge in [0.05, 0.1) is 7.11 Å². The molecule has 0 radical (unpaired) electrons. The summed E-state index contributed by atoms with van der Waals surface area (Å²) in [5, 5.41) is 6.42. The molecular formula is C16H15FN4O4S. The zero-order chi connectivity index (χ0) is 18.9. The standard InChI is InChI=1S/C16H15FN4O4S/c1-25-13-5-3-10(7-12(13)17)11-4-6-14-18-16(20-21(14)8-11)19-15(22)9-26(2,23)24/h3-8H,9H2,1-2H3,(H,19,20,22). The number of aromatic nitrogens is 3. The number of benzene rings is 1. The van der Waals surface area contributed by atoms with Gasteiger partial charge in [-0.1, -0.05) is 6.07 Å². The van der Waals surface area contributed by atoms with Crippen LogP contribution in [-0.2, 0) is 14.6 Å². The van der Waals surface area contributed by atoms with Crippen LogP contribution < -0.4 is 10.1 Å². The van der Waals surface area contributed by atoms with Crippen LogP contribution in [0.4, 0.5) is 10.3 Å². The number of anilines is 1. The number of methoxy groups -OCH3 is 1. The van der Waals surface area contributed by atoms with E-state index in [0.717, 1.165) is 6.26 Å². The van der Waals surface area contributed by atoms with Gasteiger partial charge in [0, 0.05) is 18.0 Å². The topological polar surface area (TPSA) is 103 Å². The fourth-order valence-electron chi connectivity index (χ4n) is 2.35. The summed E-state index contributed by atoms with van der Waals surface area (Å²) in [5.74, 6) is -1.74. The number of fused-ring (bicyclic) bond motifs is 1. The predicted molar refractivity (Wildman–Crippen MR) is 93.3 cm³/mol. The van der Waals surface area contributed by atoms with Crippen LogP contribution in [0.5, 0.6) is 5.75 Å². The molecule has 0 atom stereocenters. The molecule has 0 saturated carbocycles. The van der Waals surface area contributed by atoms with E-state index in [1.807, 2.05) is 0 Å². The minimum atomic E-state index is -3.45. The van der Waals surface area contributed by atoms with E-state index in [0.29, 0.717) is 16.8 Å². The Hall–Kier alpha value is -3.01. The van der Waals surface area contributed by atoms with Crippen molar-refractivity contribution >= 4 is 27.3 Å². The molecule has 10 heteroatoms. The van der Waals surface area contributed by atoms with Gasteiger partial charge in [-0.05, 0) is 29.8 Å². The summed E-state index contributed by atoms with van der Waals surface area (Å²) < 4.78 is 42.4. The number of nitrogens with one attached hydrogen (secondary N) is 1. The van der Waals surface area contributed by atoms with Crippen LogP contribution in [0.25, 0.3) is 16.8 Å². The third kappa shape index (κ3) is 3.97. The van der Waals surface area contributed by atoms with E-state index in [1.54, 1.807) is 24.4 Å². The van der Waals surface area contributed by atoms with E-state index >= 15 is 0 Å². The second kappa shape index (κ2) is 6.71. The molecule has 0 aliphatic carbocycles. The summed E-state index contributed by atoms with van der Waals surface area (Å²) in [6.45, 7) is 0. The highest BCUT2D eigenvalue weighted by molar-refractivity contribution is 7.91. The van der Waals surface area contributed by atoms with Gasteiger partial charge in [0.1, 0.15) is 5.75 Å². The van der Waals surface area contributed by atoms with Crippen molar-refractivity contribution in [3.8, 4) is 16.9 Å². The van der Waals surface area contributed by atoms with E-state index in [-0.39, 0.29) is 11.7 Å². The largest absolute Gasteiger partial charge is 0.494 e.